The molecule has 4 heterocycles. The van der Waals surface area contributed by atoms with E-state index in [1.807, 2.05) is 19.2 Å². The van der Waals surface area contributed by atoms with E-state index in [-0.39, 0.29) is 11.9 Å². The van der Waals surface area contributed by atoms with Crippen molar-refractivity contribution in [2.24, 2.45) is 5.73 Å². The van der Waals surface area contributed by atoms with Gasteiger partial charge in [0.05, 0.1) is 34.6 Å². The Balaban J connectivity index is 1.61. The maximum absolute atomic E-state index is 12.8. The highest BCUT2D eigenvalue weighted by Crippen LogP contribution is 2.33. The Hall–Kier alpha value is -2.78. The smallest absolute Gasteiger partial charge is 0.253 e. The van der Waals surface area contributed by atoms with E-state index in [0.717, 1.165) is 35.5 Å². The zero-order chi connectivity index (χ0) is 20.7. The molecule has 29 heavy (non-hydrogen) atoms. The van der Waals surface area contributed by atoms with Gasteiger partial charge in [0.2, 0.25) is 5.91 Å². The molecule has 1 saturated heterocycles. The van der Waals surface area contributed by atoms with Crippen LogP contribution in [0.25, 0.3) is 15.3 Å². The van der Waals surface area contributed by atoms with Crippen molar-refractivity contribution >= 4 is 33.7 Å². The molecule has 0 spiro atoms. The fourth-order valence-corrected chi connectivity index (χ4v) is 4.98. The number of hydrogen-bond donors (Lipinski definition) is 2. The molecule has 1 aliphatic heterocycles. The molecule has 4 rings (SSSR count). The van der Waals surface area contributed by atoms with Crippen LogP contribution >= 0.6 is 11.3 Å². The molecule has 1 atom stereocenters. The number of likely N-dealkylation sites (tertiary alicyclic amines) is 1. The number of nitrogens with one attached hydrogen (secondary N) is 1. The van der Waals surface area contributed by atoms with Gasteiger partial charge >= 0.3 is 0 Å². The molecule has 3 N–H and O–H groups in total. The third-order valence-electron chi connectivity index (χ3n) is 5.34. The van der Waals surface area contributed by atoms with Gasteiger partial charge in [-0.1, -0.05) is 0 Å². The number of amides is 2. The zero-order valence-corrected chi connectivity index (χ0v) is 17.5. The van der Waals surface area contributed by atoms with E-state index >= 15 is 0 Å². The van der Waals surface area contributed by atoms with Gasteiger partial charge in [-0.3, -0.25) is 19.5 Å². The first kappa shape index (κ1) is 19.5. The first-order chi connectivity index (χ1) is 13.8. The van der Waals surface area contributed by atoms with Gasteiger partial charge in [0.1, 0.15) is 4.83 Å². The average molecular weight is 413 g/mol. The lowest BCUT2D eigenvalue weighted by Crippen LogP contribution is -2.43. The van der Waals surface area contributed by atoms with Gasteiger partial charge in [-0.15, -0.1) is 11.3 Å². The number of pyridine rings is 1. The van der Waals surface area contributed by atoms with Gasteiger partial charge in [-0.25, -0.2) is 4.52 Å². The number of anilines is 1. The third kappa shape index (κ3) is 3.63. The molecule has 0 saturated carbocycles. The molecule has 3 aromatic heterocycles. The molecule has 0 aliphatic carbocycles. The van der Waals surface area contributed by atoms with Gasteiger partial charge in [0.15, 0.2) is 0 Å². The predicted octanol–water partition coefficient (Wildman–Crippen LogP) is 2.68. The van der Waals surface area contributed by atoms with Crippen LogP contribution in [0.4, 0.5) is 5.69 Å². The van der Waals surface area contributed by atoms with E-state index in [0.29, 0.717) is 22.1 Å². The molecule has 0 aromatic carbocycles. The summed E-state index contributed by atoms with van der Waals surface area (Å²) in [5.74, 6) is -0.500. The predicted molar refractivity (Wildman–Crippen MR) is 113 cm³/mol. The number of rotatable bonds is 5. The van der Waals surface area contributed by atoms with E-state index < -0.39 is 5.91 Å². The summed E-state index contributed by atoms with van der Waals surface area (Å²) in [5, 5.41) is 7.22. The number of aryl methyl sites for hydroxylation is 1. The number of hydrogen-bond acceptors (Lipinski definition) is 6. The third-order valence-corrected chi connectivity index (χ3v) is 6.49. The van der Waals surface area contributed by atoms with Crippen LogP contribution in [0.15, 0.2) is 24.7 Å². The topological polar surface area (TPSA) is 106 Å². The normalized spacial score (nSPS) is 17.3. The van der Waals surface area contributed by atoms with Crippen LogP contribution in [-0.2, 0) is 4.79 Å². The van der Waals surface area contributed by atoms with Crippen molar-refractivity contribution in [2.45, 2.75) is 45.7 Å². The molecule has 0 radical (unpaired) electrons. The Morgan fingerprint density at radius 3 is 2.86 bits per heavy atom. The summed E-state index contributed by atoms with van der Waals surface area (Å²) in [6, 6.07) is 2.15. The summed E-state index contributed by atoms with van der Waals surface area (Å²) in [6.45, 7) is 7.09. The number of thiazole rings is 1. The maximum atomic E-state index is 12.8. The lowest BCUT2D eigenvalue weighted by atomic mass is 10.1. The molecule has 2 amide bonds. The van der Waals surface area contributed by atoms with Crippen molar-refractivity contribution < 1.29 is 9.59 Å². The first-order valence-electron chi connectivity index (χ1n) is 9.65. The average Bonchev–Trinajstić information content (AvgIpc) is 3.37. The van der Waals surface area contributed by atoms with Gasteiger partial charge < -0.3 is 11.1 Å². The Bertz CT molecular complexity index is 1090. The number of fused-ring (bicyclic) bond motifs is 1. The highest BCUT2D eigenvalue weighted by molar-refractivity contribution is 7.21. The summed E-state index contributed by atoms with van der Waals surface area (Å²) in [4.78, 5) is 32.7. The molecule has 0 bridgehead atoms. The highest BCUT2D eigenvalue weighted by atomic mass is 32.1. The van der Waals surface area contributed by atoms with Crippen molar-refractivity contribution in [3.63, 3.8) is 0 Å². The van der Waals surface area contributed by atoms with Gasteiger partial charge in [-0.2, -0.15) is 5.10 Å². The first-order valence-corrected chi connectivity index (χ1v) is 10.5. The number of primary amides is 1. The van der Waals surface area contributed by atoms with Crippen LogP contribution in [0.3, 0.4) is 0 Å². The quantitative estimate of drug-likeness (QED) is 0.670. The van der Waals surface area contributed by atoms with Crippen LogP contribution in [0.1, 0.15) is 42.7 Å². The monoisotopic (exact) mass is 412 g/mol. The number of aromatic nitrogens is 3. The highest BCUT2D eigenvalue weighted by Gasteiger charge is 2.32. The number of nitrogens with zero attached hydrogens (tertiary/aromatic N) is 4. The SMILES string of the molecule is Cc1ncc(NC(=O)C2CCCN2C(C)C)cc1-c1cn2ncc(C(N)=O)c2s1. The van der Waals surface area contributed by atoms with Crippen molar-refractivity contribution in [1.29, 1.82) is 0 Å². The largest absolute Gasteiger partial charge is 0.365 e. The van der Waals surface area contributed by atoms with E-state index in [1.54, 1.807) is 10.7 Å². The lowest BCUT2D eigenvalue weighted by molar-refractivity contribution is -0.120. The molecule has 1 fully saturated rings. The number of nitrogens with two attached hydrogens (primary N) is 1. The Morgan fingerprint density at radius 1 is 1.34 bits per heavy atom. The summed E-state index contributed by atoms with van der Waals surface area (Å²) in [7, 11) is 0. The molecular weight excluding hydrogens is 388 g/mol. The second-order valence-corrected chi connectivity index (χ2v) is 8.63. The van der Waals surface area contributed by atoms with Crippen molar-refractivity contribution in [3.05, 3.63) is 35.9 Å². The molecule has 152 valence electrons. The minimum absolute atomic E-state index is 0.00444. The van der Waals surface area contributed by atoms with Crippen LogP contribution < -0.4 is 11.1 Å². The minimum Gasteiger partial charge on any atom is -0.365 e. The molecule has 1 aliphatic rings. The standard InChI is InChI=1S/C20H24N6O2S/c1-11(2)25-6-4-5-16(25)19(28)24-13-7-14(12(3)22-8-13)17-10-26-20(29-17)15(9-23-26)18(21)27/h7-11,16H,4-6H2,1-3H3,(H2,21,27)(H,24,28). The van der Waals surface area contributed by atoms with Gasteiger partial charge in [-0.05, 0) is 46.2 Å². The van der Waals surface area contributed by atoms with Crippen LogP contribution in [-0.4, -0.2) is 49.9 Å². The maximum Gasteiger partial charge on any atom is 0.253 e. The van der Waals surface area contributed by atoms with E-state index in [4.69, 9.17) is 5.73 Å². The van der Waals surface area contributed by atoms with Gasteiger partial charge in [0.25, 0.3) is 5.91 Å². The number of carbonyl (C=O) groups is 2. The fraction of sp³-hybridized carbons (Fsp3) is 0.400. The van der Waals surface area contributed by atoms with Crippen molar-refractivity contribution in [2.75, 3.05) is 11.9 Å². The molecule has 9 heteroatoms. The molecule has 8 nitrogen and oxygen atoms in total. The molecule has 3 aromatic rings. The van der Waals surface area contributed by atoms with E-state index in [2.05, 4.69) is 34.1 Å². The second-order valence-electron chi connectivity index (χ2n) is 7.60. The summed E-state index contributed by atoms with van der Waals surface area (Å²) in [6.07, 6.45) is 6.90. The van der Waals surface area contributed by atoms with Gasteiger partial charge in [0, 0.05) is 23.5 Å². The lowest BCUT2D eigenvalue weighted by Gasteiger charge is -2.27. The van der Waals surface area contributed by atoms with Crippen LogP contribution in [0, 0.1) is 6.92 Å². The Kier molecular flexibility index (Phi) is 5.10. The van der Waals surface area contributed by atoms with E-state index in [1.165, 1.54) is 17.5 Å². The zero-order valence-electron chi connectivity index (χ0n) is 16.7. The van der Waals surface area contributed by atoms with Crippen molar-refractivity contribution in [1.82, 2.24) is 19.5 Å². The van der Waals surface area contributed by atoms with Crippen molar-refractivity contribution in [3.8, 4) is 10.4 Å². The minimum atomic E-state index is -0.504. The Morgan fingerprint density at radius 2 is 2.14 bits per heavy atom. The summed E-state index contributed by atoms with van der Waals surface area (Å²) in [5.41, 5.74) is 8.20. The molecule has 1 unspecified atom stereocenters. The fourth-order valence-electron chi connectivity index (χ4n) is 3.84. The molecular formula is C20H24N6O2S. The number of carbonyl (C=O) groups excluding carboxylic acids is 2. The Labute approximate surface area is 172 Å². The summed E-state index contributed by atoms with van der Waals surface area (Å²) < 4.78 is 1.64. The second kappa shape index (κ2) is 7.57. The van der Waals surface area contributed by atoms with E-state index in [9.17, 15) is 9.59 Å². The van der Waals surface area contributed by atoms with Crippen LogP contribution in [0.2, 0.25) is 0 Å². The summed E-state index contributed by atoms with van der Waals surface area (Å²) >= 11 is 1.42. The van der Waals surface area contributed by atoms with Crippen LogP contribution in [0.5, 0.6) is 0 Å².